The van der Waals surface area contributed by atoms with Gasteiger partial charge < -0.3 is 9.64 Å². The summed E-state index contributed by atoms with van der Waals surface area (Å²) in [6, 6.07) is 4.84. The van der Waals surface area contributed by atoms with Crippen molar-refractivity contribution in [3.8, 4) is 5.75 Å². The maximum Gasteiger partial charge on any atom is 0.255 e. The number of benzene rings is 1. The number of allylic oxidation sites excluding steroid dienone is 3. The number of rotatable bonds is 5. The summed E-state index contributed by atoms with van der Waals surface area (Å²) in [4.78, 5) is 38.0. The van der Waals surface area contributed by atoms with Crippen LogP contribution in [-0.2, 0) is 16.1 Å². The molecule has 0 spiro atoms. The fraction of sp³-hybridized carbons (Fsp3) is 0.409. The van der Waals surface area contributed by atoms with Crippen LogP contribution in [0.25, 0.3) is 0 Å². The molecule has 2 heterocycles. The van der Waals surface area contributed by atoms with E-state index in [-0.39, 0.29) is 18.2 Å². The van der Waals surface area contributed by atoms with Crippen molar-refractivity contribution in [3.63, 3.8) is 0 Å². The highest BCUT2D eigenvalue weighted by Crippen LogP contribution is 2.34. The summed E-state index contributed by atoms with van der Waals surface area (Å²) in [5, 5.41) is 2.33. The van der Waals surface area contributed by atoms with E-state index >= 15 is 0 Å². The Hall–Kier alpha value is -2.89. The van der Waals surface area contributed by atoms with Crippen LogP contribution in [0.15, 0.2) is 41.5 Å². The molecule has 3 amide bonds. The summed E-state index contributed by atoms with van der Waals surface area (Å²) < 4.78 is 6.05. The Morgan fingerprint density at radius 2 is 1.89 bits per heavy atom. The molecule has 1 aromatic rings. The maximum atomic E-state index is 12.8. The number of imide groups is 1. The number of ether oxygens (including phenoxy) is 1. The first-order valence-electron chi connectivity index (χ1n) is 9.83. The zero-order chi connectivity index (χ0) is 19.7. The van der Waals surface area contributed by atoms with Crippen molar-refractivity contribution in [2.45, 2.75) is 51.6 Å². The third-order valence-electron chi connectivity index (χ3n) is 5.73. The summed E-state index contributed by atoms with van der Waals surface area (Å²) in [5.41, 5.74) is 4.09. The average molecular weight is 380 g/mol. The summed E-state index contributed by atoms with van der Waals surface area (Å²) in [6.07, 6.45) is 8.06. The van der Waals surface area contributed by atoms with E-state index in [4.69, 9.17) is 4.74 Å². The molecule has 6 nitrogen and oxygen atoms in total. The second-order valence-electron chi connectivity index (χ2n) is 7.47. The van der Waals surface area contributed by atoms with Gasteiger partial charge in [0.25, 0.3) is 5.91 Å². The molecule has 1 aliphatic carbocycles. The molecule has 28 heavy (non-hydrogen) atoms. The molecule has 3 aliphatic rings. The van der Waals surface area contributed by atoms with Gasteiger partial charge in [-0.1, -0.05) is 30.7 Å². The van der Waals surface area contributed by atoms with Crippen LogP contribution in [0.2, 0.25) is 0 Å². The number of piperidine rings is 1. The SMILES string of the molecule is CCC1=CC=C(COc2cccc3c2CN(C2CCC(=O)NC2=O)C3=O)CC1. The Bertz CT molecular complexity index is 900. The fourth-order valence-electron chi connectivity index (χ4n) is 4.00. The molecule has 0 saturated carbocycles. The van der Waals surface area contributed by atoms with Gasteiger partial charge in [-0.25, -0.2) is 0 Å². The van der Waals surface area contributed by atoms with Crippen molar-refractivity contribution in [1.82, 2.24) is 10.2 Å². The third-order valence-corrected chi connectivity index (χ3v) is 5.73. The van der Waals surface area contributed by atoms with Crippen molar-refractivity contribution in [2.75, 3.05) is 6.61 Å². The Balaban J connectivity index is 1.49. The molecule has 4 rings (SSSR count). The Kier molecular flexibility index (Phi) is 5.03. The van der Waals surface area contributed by atoms with Gasteiger partial charge in [0.1, 0.15) is 18.4 Å². The average Bonchev–Trinajstić information content (AvgIpc) is 3.04. The lowest BCUT2D eigenvalue weighted by molar-refractivity contribution is -0.136. The van der Waals surface area contributed by atoms with E-state index < -0.39 is 11.9 Å². The molecule has 146 valence electrons. The van der Waals surface area contributed by atoms with Gasteiger partial charge in [0.2, 0.25) is 11.8 Å². The van der Waals surface area contributed by atoms with Gasteiger partial charge in [-0.05, 0) is 43.4 Å². The first-order valence-corrected chi connectivity index (χ1v) is 9.83. The van der Waals surface area contributed by atoms with Gasteiger partial charge >= 0.3 is 0 Å². The van der Waals surface area contributed by atoms with Gasteiger partial charge in [0, 0.05) is 17.5 Å². The molecular formula is C22H24N2O4. The summed E-state index contributed by atoms with van der Waals surface area (Å²) in [5.74, 6) is -0.171. The van der Waals surface area contributed by atoms with E-state index in [1.165, 1.54) is 11.1 Å². The van der Waals surface area contributed by atoms with Crippen molar-refractivity contribution in [1.29, 1.82) is 0 Å². The Morgan fingerprint density at radius 3 is 2.61 bits per heavy atom. The number of hydrogen-bond donors (Lipinski definition) is 1. The lowest BCUT2D eigenvalue weighted by atomic mass is 9.97. The highest BCUT2D eigenvalue weighted by molar-refractivity contribution is 6.05. The van der Waals surface area contributed by atoms with Crippen molar-refractivity contribution < 1.29 is 19.1 Å². The van der Waals surface area contributed by atoms with Crippen molar-refractivity contribution in [2.24, 2.45) is 0 Å². The van der Waals surface area contributed by atoms with Gasteiger partial charge in [-0.15, -0.1) is 0 Å². The number of hydrogen-bond acceptors (Lipinski definition) is 4. The molecule has 1 unspecified atom stereocenters. The molecule has 1 saturated heterocycles. The number of fused-ring (bicyclic) bond motifs is 1. The van der Waals surface area contributed by atoms with E-state index in [2.05, 4.69) is 24.4 Å². The minimum absolute atomic E-state index is 0.178. The van der Waals surface area contributed by atoms with E-state index in [0.29, 0.717) is 30.9 Å². The van der Waals surface area contributed by atoms with Crippen LogP contribution in [0.4, 0.5) is 0 Å². The molecule has 6 heteroatoms. The molecule has 0 radical (unpaired) electrons. The summed E-state index contributed by atoms with van der Waals surface area (Å²) >= 11 is 0. The van der Waals surface area contributed by atoms with Crippen LogP contribution in [0.3, 0.4) is 0 Å². The summed E-state index contributed by atoms with van der Waals surface area (Å²) in [6.45, 7) is 2.99. The molecule has 1 aromatic carbocycles. The third kappa shape index (κ3) is 3.46. The van der Waals surface area contributed by atoms with Crippen LogP contribution in [0.5, 0.6) is 5.75 Å². The molecule has 1 atom stereocenters. The second-order valence-corrected chi connectivity index (χ2v) is 7.47. The number of nitrogens with zero attached hydrogens (tertiary/aromatic N) is 1. The highest BCUT2D eigenvalue weighted by atomic mass is 16.5. The minimum Gasteiger partial charge on any atom is -0.489 e. The fourth-order valence-corrected chi connectivity index (χ4v) is 4.00. The molecule has 1 fully saturated rings. The molecule has 0 aromatic heterocycles. The largest absolute Gasteiger partial charge is 0.489 e. The number of carbonyl (C=O) groups excluding carboxylic acids is 3. The van der Waals surface area contributed by atoms with Gasteiger partial charge in [0.15, 0.2) is 0 Å². The number of amides is 3. The van der Waals surface area contributed by atoms with E-state index in [9.17, 15) is 14.4 Å². The standard InChI is InChI=1S/C22H24N2O4/c1-2-14-6-8-15(9-7-14)13-28-19-5-3-4-16-17(19)12-24(22(16)27)18-10-11-20(25)23-21(18)26/h3-6,8,18H,2,7,9-13H2,1H3,(H,23,25,26). The number of carbonyl (C=O) groups is 3. The van der Waals surface area contributed by atoms with Gasteiger partial charge in [-0.2, -0.15) is 0 Å². The van der Waals surface area contributed by atoms with Crippen LogP contribution in [0.1, 0.15) is 54.9 Å². The topological polar surface area (TPSA) is 75.7 Å². The maximum absolute atomic E-state index is 12.8. The van der Waals surface area contributed by atoms with Crippen LogP contribution >= 0.6 is 0 Å². The van der Waals surface area contributed by atoms with Crippen molar-refractivity contribution in [3.05, 3.63) is 52.6 Å². The van der Waals surface area contributed by atoms with E-state index in [1.807, 2.05) is 12.1 Å². The van der Waals surface area contributed by atoms with E-state index in [0.717, 1.165) is 24.8 Å². The van der Waals surface area contributed by atoms with Crippen LogP contribution in [0, 0.1) is 0 Å². The first kappa shape index (κ1) is 18.5. The Labute approximate surface area is 164 Å². The molecule has 0 bridgehead atoms. The van der Waals surface area contributed by atoms with Gasteiger partial charge in [-0.3, -0.25) is 19.7 Å². The normalized spacial score (nSPS) is 21.8. The zero-order valence-corrected chi connectivity index (χ0v) is 16.0. The first-order chi connectivity index (χ1) is 13.6. The lowest BCUT2D eigenvalue weighted by Crippen LogP contribution is -2.52. The van der Waals surface area contributed by atoms with Crippen LogP contribution < -0.4 is 10.1 Å². The number of nitrogens with one attached hydrogen (secondary N) is 1. The highest BCUT2D eigenvalue weighted by Gasteiger charge is 2.40. The van der Waals surface area contributed by atoms with Gasteiger partial charge in [0.05, 0.1) is 6.54 Å². The quantitative estimate of drug-likeness (QED) is 0.797. The monoisotopic (exact) mass is 380 g/mol. The zero-order valence-electron chi connectivity index (χ0n) is 16.0. The lowest BCUT2D eigenvalue weighted by Gasteiger charge is -2.29. The minimum atomic E-state index is -0.607. The predicted molar refractivity (Wildman–Crippen MR) is 104 cm³/mol. The Morgan fingerprint density at radius 1 is 1.11 bits per heavy atom. The van der Waals surface area contributed by atoms with Crippen molar-refractivity contribution >= 4 is 17.7 Å². The smallest absolute Gasteiger partial charge is 0.255 e. The molecular weight excluding hydrogens is 356 g/mol. The van der Waals surface area contributed by atoms with E-state index in [1.54, 1.807) is 11.0 Å². The second kappa shape index (κ2) is 7.62. The molecule has 1 N–H and O–H groups in total. The molecule has 2 aliphatic heterocycles. The van der Waals surface area contributed by atoms with Crippen LogP contribution in [-0.4, -0.2) is 35.3 Å². The summed E-state index contributed by atoms with van der Waals surface area (Å²) in [7, 11) is 0. The predicted octanol–water partition coefficient (Wildman–Crippen LogP) is 2.88.